The van der Waals surface area contributed by atoms with E-state index >= 15 is 0 Å². The van der Waals surface area contributed by atoms with Crippen LogP contribution in [0, 0.1) is 0 Å². The van der Waals surface area contributed by atoms with Crippen LogP contribution in [0.25, 0.3) is 22.3 Å². The number of aliphatic hydroxyl groups excluding tert-OH is 1. The van der Waals surface area contributed by atoms with Gasteiger partial charge in [-0.3, -0.25) is 4.79 Å². The molecule has 0 aliphatic carbocycles. The second-order valence-electron chi connectivity index (χ2n) is 7.91. The second kappa shape index (κ2) is 8.33. The minimum absolute atomic E-state index is 0.00981. The lowest BCUT2D eigenvalue weighted by Gasteiger charge is -2.33. The van der Waals surface area contributed by atoms with Crippen molar-refractivity contribution in [2.45, 2.75) is 12.2 Å². The number of aromatic hydroxyl groups is 4. The number of hydrogen-bond donors (Lipinski definition) is 5. The van der Waals surface area contributed by atoms with Crippen LogP contribution in [0.2, 0.25) is 0 Å². The molecule has 2 atom stereocenters. The van der Waals surface area contributed by atoms with Crippen molar-refractivity contribution >= 4 is 11.0 Å². The first-order valence-corrected chi connectivity index (χ1v) is 10.5. The van der Waals surface area contributed by atoms with Crippen LogP contribution in [-0.2, 0) is 0 Å². The molecule has 0 saturated carbocycles. The molecule has 35 heavy (non-hydrogen) atoms. The summed E-state index contributed by atoms with van der Waals surface area (Å²) in [5, 5.41) is 49.8. The molecule has 180 valence electrons. The van der Waals surface area contributed by atoms with E-state index in [1.54, 1.807) is 6.07 Å². The topological polar surface area (TPSA) is 159 Å². The van der Waals surface area contributed by atoms with Crippen molar-refractivity contribution in [3.05, 3.63) is 64.3 Å². The van der Waals surface area contributed by atoms with E-state index in [1.807, 2.05) is 0 Å². The number of fused-ring (bicyclic) bond motifs is 2. The van der Waals surface area contributed by atoms with Gasteiger partial charge in [-0.25, -0.2) is 0 Å². The molecule has 0 spiro atoms. The fourth-order valence-electron chi connectivity index (χ4n) is 3.99. The Morgan fingerprint density at radius 3 is 2.40 bits per heavy atom. The molecule has 3 aromatic carbocycles. The fraction of sp³-hybridized carbons (Fsp3) is 0.160. The minimum Gasteiger partial charge on any atom is -0.504 e. The molecule has 5 rings (SSSR count). The number of hydrogen-bond acceptors (Lipinski definition) is 10. The Kier molecular flexibility index (Phi) is 5.29. The average Bonchev–Trinajstić information content (AvgIpc) is 2.85. The summed E-state index contributed by atoms with van der Waals surface area (Å²) in [5.41, 5.74) is 0.259. The van der Waals surface area contributed by atoms with Crippen molar-refractivity contribution in [3.63, 3.8) is 0 Å². The van der Waals surface area contributed by atoms with Crippen molar-refractivity contribution in [2.24, 2.45) is 0 Å². The van der Waals surface area contributed by atoms with E-state index in [-0.39, 0.29) is 45.5 Å². The summed E-state index contributed by atoms with van der Waals surface area (Å²) in [6.07, 6.45) is -1.78. The SMILES string of the molecule is COc1cc(C2Oc3cc4oc(-c5ccc(O)c(O)c5)cc(=O)c4c(O)c3OC2CO)ccc1O. The van der Waals surface area contributed by atoms with E-state index in [0.717, 1.165) is 6.07 Å². The molecule has 0 amide bonds. The highest BCUT2D eigenvalue weighted by molar-refractivity contribution is 5.90. The Balaban J connectivity index is 1.63. The first-order chi connectivity index (χ1) is 16.8. The maximum Gasteiger partial charge on any atom is 0.204 e. The van der Waals surface area contributed by atoms with Crippen LogP contribution < -0.4 is 19.6 Å². The summed E-state index contributed by atoms with van der Waals surface area (Å²) >= 11 is 0. The van der Waals surface area contributed by atoms with Gasteiger partial charge in [0.25, 0.3) is 0 Å². The molecule has 4 aromatic rings. The van der Waals surface area contributed by atoms with Gasteiger partial charge in [0.1, 0.15) is 16.7 Å². The standard InChI is InChI=1S/C25H20O10/c1-32-18-7-12(3-5-14(18)28)24-21(10-26)35-25-20(34-24)9-19-22(23(25)31)16(30)8-17(33-19)11-2-4-13(27)15(29)6-11/h2-9,21,24,26-29,31H,10H2,1H3. The smallest absolute Gasteiger partial charge is 0.204 e. The molecule has 1 aliphatic heterocycles. The lowest BCUT2D eigenvalue weighted by atomic mass is 10.0. The highest BCUT2D eigenvalue weighted by atomic mass is 16.6. The van der Waals surface area contributed by atoms with Gasteiger partial charge in [-0.2, -0.15) is 0 Å². The van der Waals surface area contributed by atoms with Gasteiger partial charge in [0.2, 0.25) is 5.75 Å². The largest absolute Gasteiger partial charge is 0.504 e. The van der Waals surface area contributed by atoms with E-state index in [2.05, 4.69) is 0 Å². The van der Waals surface area contributed by atoms with Crippen molar-refractivity contribution < 1.29 is 44.2 Å². The summed E-state index contributed by atoms with van der Waals surface area (Å²) in [7, 11) is 1.40. The number of phenols is 4. The third-order valence-corrected chi connectivity index (χ3v) is 5.75. The maximum atomic E-state index is 12.9. The van der Waals surface area contributed by atoms with Crippen molar-refractivity contribution in [1.82, 2.24) is 0 Å². The van der Waals surface area contributed by atoms with Crippen LogP contribution in [0.1, 0.15) is 11.7 Å². The Hall–Kier alpha value is -4.57. The fourth-order valence-corrected chi connectivity index (χ4v) is 3.99. The van der Waals surface area contributed by atoms with Crippen LogP contribution in [0.4, 0.5) is 0 Å². The van der Waals surface area contributed by atoms with Crippen molar-refractivity contribution in [2.75, 3.05) is 13.7 Å². The molecule has 5 N–H and O–H groups in total. The van der Waals surface area contributed by atoms with Gasteiger partial charge in [0, 0.05) is 23.3 Å². The van der Waals surface area contributed by atoms with Crippen LogP contribution in [0.5, 0.6) is 40.2 Å². The minimum atomic E-state index is -0.939. The molecule has 1 aliphatic rings. The highest BCUT2D eigenvalue weighted by Gasteiger charge is 2.36. The van der Waals surface area contributed by atoms with Crippen LogP contribution in [-0.4, -0.2) is 45.4 Å². The van der Waals surface area contributed by atoms with E-state index in [1.165, 1.54) is 43.5 Å². The first kappa shape index (κ1) is 22.2. The zero-order chi connectivity index (χ0) is 24.9. The lowest BCUT2D eigenvalue weighted by Crippen LogP contribution is -2.36. The lowest BCUT2D eigenvalue weighted by molar-refractivity contribution is -0.0139. The summed E-state index contributed by atoms with van der Waals surface area (Å²) in [6, 6.07) is 11.0. The van der Waals surface area contributed by atoms with Gasteiger partial charge < -0.3 is 44.2 Å². The number of benzene rings is 3. The Morgan fingerprint density at radius 1 is 0.914 bits per heavy atom. The molecule has 1 aromatic heterocycles. The molecule has 10 heteroatoms. The van der Waals surface area contributed by atoms with Crippen LogP contribution in [0.15, 0.2) is 57.7 Å². The third kappa shape index (κ3) is 3.69. The van der Waals surface area contributed by atoms with Crippen LogP contribution in [0.3, 0.4) is 0 Å². The third-order valence-electron chi connectivity index (χ3n) is 5.75. The van der Waals surface area contributed by atoms with Crippen LogP contribution >= 0.6 is 0 Å². The Labute approximate surface area is 197 Å². The normalized spacial score (nSPS) is 16.9. The predicted molar refractivity (Wildman–Crippen MR) is 122 cm³/mol. The molecule has 0 saturated heterocycles. The molecular formula is C25H20O10. The summed E-state index contributed by atoms with van der Waals surface area (Å²) in [5.74, 6) is -1.09. The van der Waals surface area contributed by atoms with E-state index < -0.39 is 35.7 Å². The monoisotopic (exact) mass is 480 g/mol. The quantitative estimate of drug-likeness (QED) is 0.275. The van der Waals surface area contributed by atoms with Gasteiger partial charge in [-0.05, 0) is 30.3 Å². The molecule has 10 nitrogen and oxygen atoms in total. The molecule has 2 unspecified atom stereocenters. The van der Waals surface area contributed by atoms with Gasteiger partial charge >= 0.3 is 0 Å². The Morgan fingerprint density at radius 2 is 1.69 bits per heavy atom. The number of phenolic OH excluding ortho intramolecular Hbond substituents is 4. The number of rotatable bonds is 4. The molecule has 2 heterocycles. The summed E-state index contributed by atoms with van der Waals surface area (Å²) in [4.78, 5) is 12.9. The van der Waals surface area contributed by atoms with E-state index in [0.29, 0.717) is 11.1 Å². The maximum absolute atomic E-state index is 12.9. The average molecular weight is 480 g/mol. The predicted octanol–water partition coefficient (Wildman–Crippen LogP) is 3.16. The van der Waals surface area contributed by atoms with E-state index in [4.69, 9.17) is 18.6 Å². The van der Waals surface area contributed by atoms with Gasteiger partial charge in [-0.15, -0.1) is 0 Å². The highest BCUT2D eigenvalue weighted by Crippen LogP contribution is 2.49. The summed E-state index contributed by atoms with van der Waals surface area (Å²) in [6.45, 7) is -0.470. The number of methoxy groups -OCH3 is 1. The van der Waals surface area contributed by atoms with Crippen molar-refractivity contribution in [1.29, 1.82) is 0 Å². The summed E-state index contributed by atoms with van der Waals surface area (Å²) < 4.78 is 22.8. The Bertz CT molecular complexity index is 1510. The molecule has 0 bridgehead atoms. The van der Waals surface area contributed by atoms with Gasteiger partial charge in [0.15, 0.2) is 52.1 Å². The number of ether oxygens (including phenoxy) is 3. The van der Waals surface area contributed by atoms with Crippen molar-refractivity contribution in [3.8, 4) is 51.6 Å². The van der Waals surface area contributed by atoms with E-state index in [9.17, 15) is 30.3 Å². The molecular weight excluding hydrogens is 460 g/mol. The molecule has 0 fully saturated rings. The molecule has 0 radical (unpaired) electrons. The first-order valence-electron chi connectivity index (χ1n) is 10.5. The number of aliphatic hydroxyl groups is 1. The zero-order valence-corrected chi connectivity index (χ0v) is 18.3. The van der Waals surface area contributed by atoms with Gasteiger partial charge in [-0.1, -0.05) is 6.07 Å². The zero-order valence-electron chi connectivity index (χ0n) is 18.3. The van der Waals surface area contributed by atoms with Gasteiger partial charge in [0.05, 0.1) is 13.7 Å². The second-order valence-corrected chi connectivity index (χ2v) is 7.91.